The third-order valence-corrected chi connectivity index (χ3v) is 4.44. The lowest BCUT2D eigenvalue weighted by atomic mass is 9.86. The zero-order chi connectivity index (χ0) is 14.0. The molecule has 1 aromatic rings. The van der Waals surface area contributed by atoms with Crippen molar-refractivity contribution in [2.24, 2.45) is 0 Å². The zero-order valence-electron chi connectivity index (χ0n) is 12.0. The van der Waals surface area contributed by atoms with Crippen LogP contribution in [0.3, 0.4) is 0 Å². The number of rotatable bonds is 3. The van der Waals surface area contributed by atoms with Crippen LogP contribution in [0.2, 0.25) is 0 Å². The van der Waals surface area contributed by atoms with Crippen LogP contribution in [0.25, 0.3) is 0 Å². The van der Waals surface area contributed by atoms with E-state index in [4.69, 9.17) is 9.47 Å². The number of aliphatic hydroxyl groups excluding tert-OH is 1. The average Bonchev–Trinajstić information content (AvgIpc) is 2.91. The highest BCUT2D eigenvalue weighted by molar-refractivity contribution is 5.14. The van der Waals surface area contributed by atoms with Crippen LogP contribution in [0, 0.1) is 0 Å². The van der Waals surface area contributed by atoms with E-state index in [1.807, 2.05) is 18.2 Å². The third-order valence-electron chi connectivity index (χ3n) is 4.44. The molecule has 0 bridgehead atoms. The molecule has 1 aliphatic carbocycles. The summed E-state index contributed by atoms with van der Waals surface area (Å²) in [6.45, 7) is 2.18. The fourth-order valence-corrected chi connectivity index (χ4v) is 3.31. The minimum absolute atomic E-state index is 0.0852. The number of hydrogen-bond donors (Lipinski definition) is 1. The Kier molecular flexibility index (Phi) is 4.08. The second-order valence-electron chi connectivity index (χ2n) is 5.89. The summed E-state index contributed by atoms with van der Waals surface area (Å²) in [5.41, 5.74) is 1.26. The molecule has 0 radical (unpaired) electrons. The van der Waals surface area contributed by atoms with Crippen molar-refractivity contribution in [2.75, 3.05) is 20.3 Å². The largest absolute Gasteiger partial charge is 0.391 e. The van der Waals surface area contributed by atoms with E-state index in [9.17, 15) is 5.11 Å². The van der Waals surface area contributed by atoms with Gasteiger partial charge in [-0.25, -0.2) is 0 Å². The molecule has 1 saturated heterocycles. The van der Waals surface area contributed by atoms with E-state index >= 15 is 0 Å². The standard InChI is InChI=1S/C16H23NO3/c1-17(12-13-5-3-2-4-6-13)14-11-16(8-7-15(14)18)19-9-10-20-16/h2-6,14-15,18H,7-12H2,1H3. The molecule has 2 atom stereocenters. The maximum atomic E-state index is 10.3. The Balaban J connectivity index is 1.67. The van der Waals surface area contributed by atoms with E-state index in [-0.39, 0.29) is 12.1 Å². The number of hydrogen-bond acceptors (Lipinski definition) is 4. The molecule has 4 heteroatoms. The van der Waals surface area contributed by atoms with Crippen molar-refractivity contribution < 1.29 is 14.6 Å². The van der Waals surface area contributed by atoms with Crippen LogP contribution in [0.15, 0.2) is 30.3 Å². The summed E-state index contributed by atoms with van der Waals surface area (Å²) >= 11 is 0. The highest BCUT2D eigenvalue weighted by Gasteiger charge is 2.45. The van der Waals surface area contributed by atoms with Gasteiger partial charge in [0.25, 0.3) is 0 Å². The molecule has 0 amide bonds. The predicted molar refractivity (Wildman–Crippen MR) is 76.2 cm³/mol. The van der Waals surface area contributed by atoms with Gasteiger partial charge in [0.1, 0.15) is 0 Å². The number of benzene rings is 1. The molecule has 110 valence electrons. The quantitative estimate of drug-likeness (QED) is 0.914. The molecule has 2 unspecified atom stereocenters. The molecule has 2 fully saturated rings. The minimum atomic E-state index is -0.450. The van der Waals surface area contributed by atoms with Gasteiger partial charge in [0.05, 0.1) is 19.3 Å². The number of likely N-dealkylation sites (N-methyl/N-ethyl adjacent to an activating group) is 1. The lowest BCUT2D eigenvalue weighted by Gasteiger charge is -2.42. The molecular weight excluding hydrogens is 254 g/mol. The third kappa shape index (κ3) is 2.88. The molecular formula is C16H23NO3. The Morgan fingerprint density at radius 3 is 2.65 bits per heavy atom. The van der Waals surface area contributed by atoms with Crippen LogP contribution < -0.4 is 0 Å². The molecule has 0 aromatic heterocycles. The smallest absolute Gasteiger partial charge is 0.170 e. The summed E-state index contributed by atoms with van der Waals surface area (Å²) in [5, 5.41) is 10.3. The van der Waals surface area contributed by atoms with Crippen molar-refractivity contribution in [3.63, 3.8) is 0 Å². The van der Waals surface area contributed by atoms with Crippen LogP contribution in [0.4, 0.5) is 0 Å². The van der Waals surface area contributed by atoms with Crippen molar-refractivity contribution in [3.8, 4) is 0 Å². The Hall–Kier alpha value is -0.940. The molecule has 2 aliphatic rings. The van der Waals surface area contributed by atoms with Crippen molar-refractivity contribution in [1.82, 2.24) is 4.90 Å². The maximum Gasteiger partial charge on any atom is 0.170 e. The van der Waals surface area contributed by atoms with Gasteiger partial charge >= 0.3 is 0 Å². The second-order valence-corrected chi connectivity index (χ2v) is 5.89. The van der Waals surface area contributed by atoms with E-state index < -0.39 is 5.79 Å². The lowest BCUT2D eigenvalue weighted by Crippen LogP contribution is -2.52. The number of aliphatic hydroxyl groups is 1. The first-order valence-corrected chi connectivity index (χ1v) is 7.39. The van der Waals surface area contributed by atoms with Gasteiger partial charge in [0.15, 0.2) is 5.79 Å². The molecule has 1 aliphatic heterocycles. The van der Waals surface area contributed by atoms with Gasteiger partial charge in [-0.1, -0.05) is 30.3 Å². The van der Waals surface area contributed by atoms with Crippen LogP contribution in [-0.2, 0) is 16.0 Å². The summed E-state index contributed by atoms with van der Waals surface area (Å²) < 4.78 is 11.6. The van der Waals surface area contributed by atoms with Crippen LogP contribution >= 0.6 is 0 Å². The van der Waals surface area contributed by atoms with Gasteiger partial charge in [-0.3, -0.25) is 4.90 Å². The topological polar surface area (TPSA) is 41.9 Å². The Bertz CT molecular complexity index is 431. The molecule has 1 aromatic carbocycles. The number of ether oxygens (including phenoxy) is 2. The first kappa shape index (κ1) is 14.0. The number of nitrogens with zero attached hydrogens (tertiary/aromatic N) is 1. The van der Waals surface area contributed by atoms with Gasteiger partial charge in [-0.15, -0.1) is 0 Å². The van der Waals surface area contributed by atoms with Crippen LogP contribution in [0.5, 0.6) is 0 Å². The fraction of sp³-hybridized carbons (Fsp3) is 0.625. The van der Waals surface area contributed by atoms with Gasteiger partial charge < -0.3 is 14.6 Å². The summed E-state index contributed by atoms with van der Waals surface area (Å²) in [6.07, 6.45) is 1.98. The lowest BCUT2D eigenvalue weighted by molar-refractivity contribution is -0.204. The fourth-order valence-electron chi connectivity index (χ4n) is 3.31. The molecule has 4 nitrogen and oxygen atoms in total. The van der Waals surface area contributed by atoms with Crippen LogP contribution in [-0.4, -0.2) is 48.2 Å². The second kappa shape index (κ2) is 5.82. The van der Waals surface area contributed by atoms with E-state index in [0.29, 0.717) is 13.2 Å². The highest BCUT2D eigenvalue weighted by Crippen LogP contribution is 2.37. The Labute approximate surface area is 120 Å². The van der Waals surface area contributed by atoms with E-state index in [1.165, 1.54) is 5.56 Å². The Morgan fingerprint density at radius 1 is 1.25 bits per heavy atom. The van der Waals surface area contributed by atoms with Gasteiger partial charge in [-0.05, 0) is 19.0 Å². The minimum Gasteiger partial charge on any atom is -0.391 e. The maximum absolute atomic E-state index is 10.3. The average molecular weight is 277 g/mol. The van der Waals surface area contributed by atoms with Crippen molar-refractivity contribution >= 4 is 0 Å². The molecule has 20 heavy (non-hydrogen) atoms. The van der Waals surface area contributed by atoms with E-state index in [0.717, 1.165) is 25.8 Å². The van der Waals surface area contributed by atoms with Gasteiger partial charge in [0, 0.05) is 25.4 Å². The first-order chi connectivity index (χ1) is 9.69. The monoisotopic (exact) mass is 277 g/mol. The first-order valence-electron chi connectivity index (χ1n) is 7.39. The van der Waals surface area contributed by atoms with Crippen molar-refractivity contribution in [3.05, 3.63) is 35.9 Å². The highest BCUT2D eigenvalue weighted by atomic mass is 16.7. The SMILES string of the molecule is CN(Cc1ccccc1)C1CC2(CCC1O)OCCO2. The van der Waals surface area contributed by atoms with E-state index in [2.05, 4.69) is 24.1 Å². The Morgan fingerprint density at radius 2 is 1.95 bits per heavy atom. The molecule has 1 N–H and O–H groups in total. The summed E-state index contributed by atoms with van der Waals surface area (Å²) in [7, 11) is 2.06. The van der Waals surface area contributed by atoms with Gasteiger partial charge in [-0.2, -0.15) is 0 Å². The summed E-state index contributed by atoms with van der Waals surface area (Å²) in [4.78, 5) is 2.21. The summed E-state index contributed by atoms with van der Waals surface area (Å²) in [5.74, 6) is -0.450. The molecule has 1 saturated carbocycles. The van der Waals surface area contributed by atoms with Crippen molar-refractivity contribution in [2.45, 2.75) is 43.7 Å². The van der Waals surface area contributed by atoms with E-state index in [1.54, 1.807) is 0 Å². The predicted octanol–water partition coefficient (Wildman–Crippen LogP) is 1.77. The normalized spacial score (nSPS) is 29.1. The zero-order valence-corrected chi connectivity index (χ0v) is 12.0. The van der Waals surface area contributed by atoms with Crippen molar-refractivity contribution in [1.29, 1.82) is 0 Å². The molecule has 3 rings (SSSR count). The molecule has 1 spiro atoms. The van der Waals surface area contributed by atoms with Crippen LogP contribution in [0.1, 0.15) is 24.8 Å². The molecule has 1 heterocycles. The summed E-state index contributed by atoms with van der Waals surface area (Å²) in [6, 6.07) is 10.4. The van der Waals surface area contributed by atoms with Gasteiger partial charge in [0.2, 0.25) is 0 Å².